The van der Waals surface area contributed by atoms with Crippen molar-refractivity contribution in [2.24, 2.45) is 0 Å². The monoisotopic (exact) mass is 290 g/mol. The fraction of sp³-hybridized carbons (Fsp3) is 0.588. The molecule has 0 spiro atoms. The van der Waals surface area contributed by atoms with Crippen molar-refractivity contribution in [2.75, 3.05) is 13.1 Å². The van der Waals surface area contributed by atoms with Gasteiger partial charge in [0, 0.05) is 25.7 Å². The molecule has 0 aliphatic carbocycles. The summed E-state index contributed by atoms with van der Waals surface area (Å²) in [7, 11) is 0. The number of nitrogens with one attached hydrogen (secondary N) is 1. The summed E-state index contributed by atoms with van der Waals surface area (Å²) < 4.78 is 5.24. The van der Waals surface area contributed by atoms with Gasteiger partial charge in [-0.3, -0.25) is 4.90 Å². The van der Waals surface area contributed by atoms with Crippen molar-refractivity contribution in [1.29, 1.82) is 0 Å². The number of rotatable bonds is 3. The summed E-state index contributed by atoms with van der Waals surface area (Å²) in [6, 6.07) is 9.09. The van der Waals surface area contributed by atoms with Crippen molar-refractivity contribution in [3.8, 4) is 0 Å². The van der Waals surface area contributed by atoms with E-state index in [0.717, 1.165) is 19.5 Å². The molecular weight excluding hydrogens is 264 g/mol. The van der Waals surface area contributed by atoms with Gasteiger partial charge in [0.2, 0.25) is 0 Å². The van der Waals surface area contributed by atoms with E-state index in [4.69, 9.17) is 4.74 Å². The minimum atomic E-state index is -0.443. The molecule has 116 valence electrons. The first-order valence-electron chi connectivity index (χ1n) is 7.63. The fourth-order valence-electron chi connectivity index (χ4n) is 2.65. The summed E-state index contributed by atoms with van der Waals surface area (Å²) in [6.07, 6.45) is 0.732. The smallest absolute Gasteiger partial charge is 0.407 e. The Labute approximate surface area is 127 Å². The predicted octanol–water partition coefficient (Wildman–Crippen LogP) is 2.96. The van der Waals surface area contributed by atoms with E-state index in [1.165, 1.54) is 11.1 Å². The van der Waals surface area contributed by atoms with Crippen LogP contribution in [0, 0.1) is 0 Å². The topological polar surface area (TPSA) is 41.6 Å². The van der Waals surface area contributed by atoms with Crippen molar-refractivity contribution < 1.29 is 9.53 Å². The van der Waals surface area contributed by atoms with Crippen LogP contribution in [0.2, 0.25) is 0 Å². The second-order valence-electron chi connectivity index (χ2n) is 6.72. The standard InChI is InChI=1S/C17H26N2O2/c1-13-11-14-7-5-6-8-15(14)12-19(13)10-9-18-16(20)21-17(2,3)4/h5-8,13H,9-12H2,1-4H3,(H,18,20). The van der Waals surface area contributed by atoms with Gasteiger partial charge in [-0.25, -0.2) is 4.79 Å². The maximum atomic E-state index is 11.6. The van der Waals surface area contributed by atoms with E-state index in [1.807, 2.05) is 20.8 Å². The number of carbonyl (C=O) groups excluding carboxylic acids is 1. The van der Waals surface area contributed by atoms with Crippen LogP contribution in [0.1, 0.15) is 38.8 Å². The molecule has 1 unspecified atom stereocenters. The SMILES string of the molecule is CC1Cc2ccccc2CN1CCNC(=O)OC(C)(C)C. The predicted molar refractivity (Wildman–Crippen MR) is 84.3 cm³/mol. The Kier molecular flexibility index (Phi) is 4.88. The number of fused-ring (bicyclic) bond motifs is 1. The van der Waals surface area contributed by atoms with Crippen LogP contribution in [0.5, 0.6) is 0 Å². The lowest BCUT2D eigenvalue weighted by atomic mass is 9.95. The van der Waals surface area contributed by atoms with Gasteiger partial charge in [-0.1, -0.05) is 24.3 Å². The average molecular weight is 290 g/mol. The van der Waals surface area contributed by atoms with Crippen LogP contribution < -0.4 is 5.32 Å². The zero-order valence-electron chi connectivity index (χ0n) is 13.5. The molecule has 1 heterocycles. The maximum Gasteiger partial charge on any atom is 0.407 e. The van der Waals surface area contributed by atoms with Crippen LogP contribution in [0.3, 0.4) is 0 Å². The summed E-state index contributed by atoms with van der Waals surface area (Å²) in [5, 5.41) is 2.83. The number of carbonyl (C=O) groups is 1. The van der Waals surface area contributed by atoms with E-state index in [-0.39, 0.29) is 6.09 Å². The molecule has 21 heavy (non-hydrogen) atoms. The van der Waals surface area contributed by atoms with E-state index < -0.39 is 5.60 Å². The first kappa shape index (κ1) is 15.8. The average Bonchev–Trinajstić information content (AvgIpc) is 2.37. The quantitative estimate of drug-likeness (QED) is 0.930. The first-order chi connectivity index (χ1) is 9.85. The highest BCUT2D eigenvalue weighted by Crippen LogP contribution is 2.22. The highest BCUT2D eigenvalue weighted by Gasteiger charge is 2.22. The lowest BCUT2D eigenvalue weighted by Gasteiger charge is -2.34. The number of nitrogens with zero attached hydrogens (tertiary/aromatic N) is 1. The third-order valence-electron chi connectivity index (χ3n) is 3.70. The van der Waals surface area contributed by atoms with Crippen molar-refractivity contribution >= 4 is 6.09 Å². The molecule has 1 aliphatic rings. The first-order valence-corrected chi connectivity index (χ1v) is 7.63. The summed E-state index contributed by atoms with van der Waals surface area (Å²) in [5.74, 6) is 0. The number of amides is 1. The normalized spacial score (nSPS) is 19.0. The number of alkyl carbamates (subject to hydrolysis) is 1. The Morgan fingerprint density at radius 2 is 2.00 bits per heavy atom. The van der Waals surface area contributed by atoms with Gasteiger partial charge in [-0.15, -0.1) is 0 Å². The zero-order valence-corrected chi connectivity index (χ0v) is 13.5. The molecule has 1 amide bonds. The molecule has 0 bridgehead atoms. The van der Waals surface area contributed by atoms with E-state index in [1.54, 1.807) is 0 Å². The number of hydrogen-bond donors (Lipinski definition) is 1. The minimum absolute atomic E-state index is 0.340. The molecule has 1 atom stereocenters. The van der Waals surface area contributed by atoms with Crippen LogP contribution in [-0.2, 0) is 17.7 Å². The highest BCUT2D eigenvalue weighted by molar-refractivity contribution is 5.67. The number of benzene rings is 1. The molecule has 1 aliphatic heterocycles. The van der Waals surface area contributed by atoms with E-state index in [9.17, 15) is 4.79 Å². The van der Waals surface area contributed by atoms with E-state index in [0.29, 0.717) is 12.6 Å². The van der Waals surface area contributed by atoms with Crippen LogP contribution >= 0.6 is 0 Å². The molecule has 0 fully saturated rings. The second kappa shape index (κ2) is 6.48. The lowest BCUT2D eigenvalue weighted by molar-refractivity contribution is 0.0517. The van der Waals surface area contributed by atoms with Crippen LogP contribution in [0.4, 0.5) is 4.79 Å². The summed E-state index contributed by atoms with van der Waals surface area (Å²) in [4.78, 5) is 14.0. The molecule has 1 N–H and O–H groups in total. The number of ether oxygens (including phenoxy) is 1. The van der Waals surface area contributed by atoms with Gasteiger partial charge in [-0.05, 0) is 45.2 Å². The van der Waals surface area contributed by atoms with Crippen molar-refractivity contribution in [2.45, 2.75) is 52.3 Å². The molecule has 0 radical (unpaired) electrons. The van der Waals surface area contributed by atoms with Gasteiger partial charge in [0.1, 0.15) is 5.60 Å². The minimum Gasteiger partial charge on any atom is -0.444 e. The van der Waals surface area contributed by atoms with Gasteiger partial charge in [0.25, 0.3) is 0 Å². The summed E-state index contributed by atoms with van der Waals surface area (Å²) in [5.41, 5.74) is 2.40. The fourth-order valence-corrected chi connectivity index (χ4v) is 2.65. The lowest BCUT2D eigenvalue weighted by Crippen LogP contribution is -2.43. The Morgan fingerprint density at radius 3 is 2.67 bits per heavy atom. The van der Waals surface area contributed by atoms with Crippen molar-refractivity contribution in [3.63, 3.8) is 0 Å². The molecule has 0 saturated heterocycles. The maximum absolute atomic E-state index is 11.6. The van der Waals surface area contributed by atoms with Gasteiger partial charge >= 0.3 is 6.09 Å². The van der Waals surface area contributed by atoms with Gasteiger partial charge in [0.15, 0.2) is 0 Å². The van der Waals surface area contributed by atoms with Crippen molar-refractivity contribution in [3.05, 3.63) is 35.4 Å². The largest absolute Gasteiger partial charge is 0.444 e. The Hall–Kier alpha value is -1.55. The summed E-state index contributed by atoms with van der Waals surface area (Å²) >= 11 is 0. The van der Waals surface area contributed by atoms with Crippen LogP contribution in [0.25, 0.3) is 0 Å². The molecule has 1 aromatic carbocycles. The zero-order chi connectivity index (χ0) is 15.5. The van der Waals surface area contributed by atoms with Gasteiger partial charge < -0.3 is 10.1 Å². The van der Waals surface area contributed by atoms with Crippen molar-refractivity contribution in [1.82, 2.24) is 10.2 Å². The van der Waals surface area contributed by atoms with Gasteiger partial charge in [0.05, 0.1) is 0 Å². The molecule has 2 rings (SSSR count). The Bertz CT molecular complexity index is 494. The highest BCUT2D eigenvalue weighted by atomic mass is 16.6. The van der Waals surface area contributed by atoms with Crippen LogP contribution in [-0.4, -0.2) is 35.7 Å². The third-order valence-corrected chi connectivity index (χ3v) is 3.70. The summed E-state index contributed by atoms with van der Waals surface area (Å²) in [6.45, 7) is 10.3. The second-order valence-corrected chi connectivity index (χ2v) is 6.72. The van der Waals surface area contributed by atoms with E-state index >= 15 is 0 Å². The van der Waals surface area contributed by atoms with E-state index in [2.05, 4.69) is 41.4 Å². The third kappa shape index (κ3) is 4.74. The Morgan fingerprint density at radius 1 is 1.33 bits per heavy atom. The van der Waals surface area contributed by atoms with Crippen LogP contribution in [0.15, 0.2) is 24.3 Å². The van der Waals surface area contributed by atoms with Gasteiger partial charge in [-0.2, -0.15) is 0 Å². The molecule has 0 aromatic heterocycles. The molecule has 0 saturated carbocycles. The molecule has 1 aromatic rings. The molecule has 4 nitrogen and oxygen atoms in total. The molecular formula is C17H26N2O2. The number of hydrogen-bond acceptors (Lipinski definition) is 3. The molecule has 4 heteroatoms. The Balaban J connectivity index is 1.81.